The van der Waals surface area contributed by atoms with Crippen LogP contribution in [0.1, 0.15) is 115 Å². The van der Waals surface area contributed by atoms with Gasteiger partial charge in [0.15, 0.2) is 6.07 Å². The maximum atomic E-state index is 12.2. The Kier molecular flexibility index (Phi) is 20.4. The van der Waals surface area contributed by atoms with Crippen LogP contribution in [0, 0.1) is 11.3 Å². The maximum Gasteiger partial charge on any atom is 0.573 e. The van der Waals surface area contributed by atoms with Crippen LogP contribution in [0.3, 0.4) is 0 Å². The third-order valence-electron chi connectivity index (χ3n) is 10.7. The Bertz CT molecular complexity index is 3560. The fourth-order valence-corrected chi connectivity index (χ4v) is 6.49. The molecule has 2 aliphatic rings. The van der Waals surface area contributed by atoms with E-state index in [1.165, 1.54) is 24.3 Å². The number of carbonyl (C=O) groups is 4. The van der Waals surface area contributed by atoms with Crippen LogP contribution in [0.25, 0.3) is 0 Å². The number of benzene rings is 4. The third-order valence-corrected chi connectivity index (χ3v) is 10.7. The van der Waals surface area contributed by atoms with E-state index in [2.05, 4.69) is 80.1 Å². The second-order valence-electron chi connectivity index (χ2n) is 17.2. The summed E-state index contributed by atoms with van der Waals surface area (Å²) in [6, 6.07) is 17.8. The molecule has 4 amide bonds. The predicted molar refractivity (Wildman–Crippen MR) is 260 cm³/mol. The molecule has 0 saturated heterocycles. The highest BCUT2D eigenvalue weighted by Crippen LogP contribution is 2.40. The Morgan fingerprint density at radius 1 is 0.420 bits per heavy atom. The number of amides is 4. The van der Waals surface area contributed by atoms with Crippen LogP contribution < -0.4 is 40.2 Å². The number of hydrogen-bond acceptors (Lipinski definition) is 21. The number of alkyl halides is 14. The smallest absolute Gasteiger partial charge is 0.408 e. The number of rotatable bonds is 15. The second-order valence-corrected chi connectivity index (χ2v) is 17.2. The molecule has 2 saturated carbocycles. The van der Waals surface area contributed by atoms with Crippen molar-refractivity contribution in [1.29, 1.82) is 5.26 Å². The molecule has 4 aromatic carbocycles. The first-order valence-corrected chi connectivity index (χ1v) is 24.1. The van der Waals surface area contributed by atoms with E-state index in [0.29, 0.717) is 11.8 Å². The van der Waals surface area contributed by atoms with E-state index in [0.717, 1.165) is 105 Å². The zero-order valence-electron chi connectivity index (χ0n) is 43.2. The van der Waals surface area contributed by atoms with Gasteiger partial charge in [0, 0.05) is 34.1 Å². The van der Waals surface area contributed by atoms with Gasteiger partial charge in [-0.15, -0.1) is 68.0 Å². The molecular formula is C49H33F14N13O12. The van der Waals surface area contributed by atoms with Crippen LogP contribution in [-0.4, -0.2) is 89.9 Å². The van der Waals surface area contributed by atoms with Crippen LogP contribution in [0.5, 0.6) is 23.0 Å². The molecule has 0 aliphatic heterocycles. The van der Waals surface area contributed by atoms with Crippen molar-refractivity contribution in [2.75, 3.05) is 21.3 Å². The molecule has 10 rings (SSSR count). The summed E-state index contributed by atoms with van der Waals surface area (Å²) in [6.07, 6.45) is -17.1. The molecular weight excluding hydrogens is 1230 g/mol. The minimum atomic E-state index is -4.85. The molecule has 4 heterocycles. The van der Waals surface area contributed by atoms with Crippen molar-refractivity contribution in [3.8, 4) is 29.1 Å². The van der Waals surface area contributed by atoms with Gasteiger partial charge in [-0.25, -0.2) is 0 Å². The Morgan fingerprint density at radius 2 is 0.705 bits per heavy atom. The molecule has 0 spiro atoms. The van der Waals surface area contributed by atoms with Gasteiger partial charge in [0.05, 0.1) is 0 Å². The summed E-state index contributed by atoms with van der Waals surface area (Å²) in [4.78, 5) is 47.3. The lowest BCUT2D eigenvalue weighted by molar-refractivity contribution is -0.275. The number of nitrogens with one attached hydrogen (secondary N) is 4. The quantitative estimate of drug-likeness (QED) is 0.0693. The molecule has 464 valence electrons. The predicted octanol–water partition coefficient (Wildman–Crippen LogP) is 11.8. The van der Waals surface area contributed by atoms with E-state index < -0.39 is 90.4 Å². The topological polar surface area (TPSA) is 333 Å². The van der Waals surface area contributed by atoms with Crippen molar-refractivity contribution < 1.29 is 117 Å². The number of nitriles is 1. The number of hydrogen-bond donors (Lipinski definition) is 4. The zero-order chi connectivity index (χ0) is 64.0. The van der Waals surface area contributed by atoms with Crippen molar-refractivity contribution in [2.24, 2.45) is 0 Å². The average molecular weight is 1260 g/mol. The summed E-state index contributed by atoms with van der Waals surface area (Å²) in [7, 11) is 0. The summed E-state index contributed by atoms with van der Waals surface area (Å²) >= 11 is 0. The first-order valence-electron chi connectivity index (χ1n) is 24.1. The van der Waals surface area contributed by atoms with Gasteiger partial charge in [-0.2, -0.15) is 14.0 Å². The van der Waals surface area contributed by atoms with Crippen LogP contribution in [0.2, 0.25) is 0 Å². The van der Waals surface area contributed by atoms with Gasteiger partial charge in [0.1, 0.15) is 23.0 Å². The fraction of sp³-hybridized carbons (Fsp3) is 0.245. The van der Waals surface area contributed by atoms with Crippen molar-refractivity contribution in [3.63, 3.8) is 0 Å². The lowest BCUT2D eigenvalue weighted by Gasteiger charge is -2.20. The lowest BCUT2D eigenvalue weighted by atomic mass is 9.85. The van der Waals surface area contributed by atoms with Crippen molar-refractivity contribution in [2.45, 2.75) is 75.8 Å². The fourth-order valence-electron chi connectivity index (χ4n) is 6.49. The van der Waals surface area contributed by atoms with E-state index in [-0.39, 0.29) is 58.0 Å². The van der Waals surface area contributed by atoms with Gasteiger partial charge < -0.3 is 36.6 Å². The zero-order valence-corrected chi connectivity index (χ0v) is 43.2. The second kappa shape index (κ2) is 27.8. The SMILES string of the molecule is N#Cc1nnc(NC(=O)c2ccc(OC(F)(F)F)cc2)o1.O=C(Nc1nnc(C(F)F)o1)c1ccc(OC(F)(F)F)cc1.O=C(Nc1nnc(C2CC2)o1)c1ccc(OC(F)(F)F)cc1.O=C(Nc1nnc(C2CCC2)o1)c1ccc(OC(F)(F)F)cc1. The van der Waals surface area contributed by atoms with Gasteiger partial charge in [-0.05, 0) is 123 Å². The average Bonchev–Trinajstić information content (AvgIpc) is 3.88. The number of halogens is 14. The maximum absolute atomic E-state index is 12.2. The Morgan fingerprint density at radius 3 is 0.955 bits per heavy atom. The third kappa shape index (κ3) is 21.0. The van der Waals surface area contributed by atoms with Gasteiger partial charge in [-0.1, -0.05) is 31.9 Å². The van der Waals surface area contributed by atoms with Crippen molar-refractivity contribution in [1.82, 2.24) is 40.8 Å². The largest absolute Gasteiger partial charge is 0.573 e. The normalized spacial score (nSPS) is 13.1. The van der Waals surface area contributed by atoms with Gasteiger partial charge in [0.25, 0.3) is 29.5 Å². The van der Waals surface area contributed by atoms with E-state index in [4.69, 9.17) is 18.5 Å². The van der Waals surface area contributed by atoms with E-state index >= 15 is 0 Å². The van der Waals surface area contributed by atoms with Crippen molar-refractivity contribution in [3.05, 3.63) is 143 Å². The summed E-state index contributed by atoms with van der Waals surface area (Å²) in [5, 5.41) is 45.4. The Hall–Kier alpha value is -11.0. The first kappa shape index (κ1) is 64.6. The minimum Gasteiger partial charge on any atom is -0.408 e. The van der Waals surface area contributed by atoms with Gasteiger partial charge in [-0.3, -0.25) is 40.4 Å². The van der Waals surface area contributed by atoms with Crippen LogP contribution in [-0.2, 0) is 0 Å². The van der Waals surface area contributed by atoms with E-state index in [1.54, 1.807) is 6.07 Å². The standard InChI is InChI=1S/C14H12F3N3O3.C13H10F3N3O3.C11H6F5N3O3.C11H5F3N4O3/c15-14(16,17)23-10-6-4-8(5-7-10)11(21)18-13-20-19-12(22-13)9-2-1-3-9;14-13(15,16)22-9-5-3-7(4-6-9)10(20)17-12-19-18-11(21-12)8-1-2-8;12-7(13)9-18-19-10(21-9)17-8(20)5-1-3-6(4-2-5)22-11(14,15)16;12-11(13,14)21-7-3-1-6(2-4-7)9(19)16-10-18-17-8(5-15)20-10/h4-7,9H,1-3H2,(H,18,20,21);3-6,8H,1-2H2,(H,17,19,20);1-4,7H,(H,17,19,20);1-4H,(H,16,18,19). The summed E-state index contributed by atoms with van der Waals surface area (Å²) < 4.78 is 203. The number of carbonyl (C=O) groups excluding carboxylic acids is 4. The molecule has 25 nitrogen and oxygen atoms in total. The number of ether oxygens (including phenoxy) is 4. The lowest BCUT2D eigenvalue weighted by Crippen LogP contribution is -2.17. The molecule has 0 atom stereocenters. The van der Waals surface area contributed by atoms with Crippen molar-refractivity contribution >= 4 is 47.7 Å². The molecule has 88 heavy (non-hydrogen) atoms. The number of aromatic nitrogens is 8. The number of anilines is 4. The Labute approximate surface area is 479 Å². The molecule has 4 N–H and O–H groups in total. The monoisotopic (exact) mass is 1260 g/mol. The summed E-state index contributed by atoms with van der Waals surface area (Å²) in [5.41, 5.74) is 0.260. The molecule has 39 heteroatoms. The van der Waals surface area contributed by atoms with Crippen LogP contribution >= 0.6 is 0 Å². The highest BCUT2D eigenvalue weighted by atomic mass is 19.4. The van der Waals surface area contributed by atoms with Gasteiger partial charge in [0.2, 0.25) is 11.8 Å². The van der Waals surface area contributed by atoms with Crippen LogP contribution in [0.4, 0.5) is 85.5 Å². The highest BCUT2D eigenvalue weighted by Gasteiger charge is 2.35. The molecule has 0 radical (unpaired) electrons. The Balaban J connectivity index is 0.000000167. The highest BCUT2D eigenvalue weighted by molar-refractivity contribution is 6.04. The summed E-state index contributed by atoms with van der Waals surface area (Å²) in [6.45, 7) is 0. The van der Waals surface area contributed by atoms with E-state index in [9.17, 15) is 80.6 Å². The van der Waals surface area contributed by atoms with Gasteiger partial charge >= 0.3 is 61.8 Å². The molecule has 8 aromatic rings. The molecule has 0 bridgehead atoms. The first-order chi connectivity index (χ1) is 41.4. The molecule has 4 aromatic heterocycles. The minimum absolute atomic E-state index is 0.0347. The number of nitrogens with zero attached hydrogens (tertiary/aromatic N) is 9. The molecule has 0 unspecified atom stereocenters. The molecule has 2 aliphatic carbocycles. The van der Waals surface area contributed by atoms with E-state index in [1.807, 2.05) is 5.32 Å². The van der Waals surface area contributed by atoms with Crippen LogP contribution in [0.15, 0.2) is 115 Å². The summed E-state index contributed by atoms with van der Waals surface area (Å²) in [5.74, 6) is -4.26. The molecule has 2 fully saturated rings.